The summed E-state index contributed by atoms with van der Waals surface area (Å²) in [6, 6.07) is 0. The molecule has 0 unspecified atom stereocenters. The Kier molecular flexibility index (Phi) is 5.69. The molecule has 6 heteroatoms. The number of carbonyl (C=O) groups excluding carboxylic acids is 1. The Hall–Kier alpha value is -1.69. The summed E-state index contributed by atoms with van der Waals surface area (Å²) in [6.45, 7) is 7.08. The molecule has 1 rings (SSSR count). The van der Waals surface area contributed by atoms with E-state index >= 15 is 0 Å². The average Bonchev–Trinajstić information content (AvgIpc) is 2.43. The highest BCUT2D eigenvalue weighted by molar-refractivity contribution is 5.92. The van der Waals surface area contributed by atoms with Gasteiger partial charge in [-0.15, -0.1) is 0 Å². The number of anilines is 1. The second kappa shape index (κ2) is 7.04. The summed E-state index contributed by atoms with van der Waals surface area (Å²) in [5.74, 6) is 0.360. The minimum atomic E-state index is -0.402. The van der Waals surface area contributed by atoms with Crippen LogP contribution < -0.4 is 10.6 Å². The van der Waals surface area contributed by atoms with Gasteiger partial charge in [0.15, 0.2) is 0 Å². The summed E-state index contributed by atoms with van der Waals surface area (Å²) in [7, 11) is 1.61. The number of ether oxygens (including phenoxy) is 1. The van der Waals surface area contributed by atoms with Gasteiger partial charge < -0.3 is 15.4 Å². The lowest BCUT2D eigenvalue weighted by molar-refractivity contribution is 0.0228. The van der Waals surface area contributed by atoms with Crippen LogP contribution in [-0.2, 0) is 4.74 Å². The van der Waals surface area contributed by atoms with Crippen molar-refractivity contribution in [1.82, 2.24) is 15.3 Å². The lowest BCUT2D eigenvalue weighted by atomic mass is 10.1. The number of hydrogen-bond donors (Lipinski definition) is 2. The number of methoxy groups -OCH3 is 1. The molecule has 0 aliphatic heterocycles. The predicted molar refractivity (Wildman–Crippen MR) is 74.2 cm³/mol. The molecule has 0 radical (unpaired) electrons. The largest absolute Gasteiger partial charge is 0.377 e. The van der Waals surface area contributed by atoms with E-state index in [4.69, 9.17) is 4.74 Å². The maximum absolute atomic E-state index is 11.9. The fourth-order valence-electron chi connectivity index (χ4n) is 1.27. The monoisotopic (exact) mass is 266 g/mol. The zero-order valence-electron chi connectivity index (χ0n) is 12.0. The maximum Gasteiger partial charge on any atom is 0.271 e. The van der Waals surface area contributed by atoms with Gasteiger partial charge in [-0.1, -0.05) is 6.92 Å². The van der Waals surface area contributed by atoms with Gasteiger partial charge in [-0.3, -0.25) is 9.78 Å². The van der Waals surface area contributed by atoms with E-state index in [1.54, 1.807) is 13.3 Å². The van der Waals surface area contributed by atoms with Crippen LogP contribution in [0.1, 0.15) is 37.7 Å². The molecule has 1 aromatic rings. The molecule has 1 amide bonds. The Morgan fingerprint density at radius 1 is 1.42 bits per heavy atom. The van der Waals surface area contributed by atoms with E-state index in [1.165, 1.54) is 6.20 Å². The van der Waals surface area contributed by atoms with Gasteiger partial charge in [-0.05, 0) is 20.3 Å². The van der Waals surface area contributed by atoms with Gasteiger partial charge in [0, 0.05) is 20.2 Å². The fraction of sp³-hybridized carbons (Fsp3) is 0.615. The van der Waals surface area contributed by atoms with E-state index in [0.29, 0.717) is 18.1 Å². The van der Waals surface area contributed by atoms with Crippen LogP contribution in [-0.4, -0.2) is 41.7 Å². The molecule has 0 atom stereocenters. The highest BCUT2D eigenvalue weighted by atomic mass is 16.5. The van der Waals surface area contributed by atoms with Crippen LogP contribution in [0.25, 0.3) is 0 Å². The van der Waals surface area contributed by atoms with Crippen molar-refractivity contribution in [3.63, 3.8) is 0 Å². The minimum absolute atomic E-state index is 0.252. The van der Waals surface area contributed by atoms with Gasteiger partial charge >= 0.3 is 0 Å². The molecule has 6 nitrogen and oxygen atoms in total. The van der Waals surface area contributed by atoms with Gasteiger partial charge in [-0.25, -0.2) is 4.98 Å². The topological polar surface area (TPSA) is 76.1 Å². The average molecular weight is 266 g/mol. The van der Waals surface area contributed by atoms with Crippen LogP contribution in [0.15, 0.2) is 12.4 Å². The maximum atomic E-state index is 11.9. The summed E-state index contributed by atoms with van der Waals surface area (Å²) in [4.78, 5) is 20.2. The quantitative estimate of drug-likeness (QED) is 0.781. The number of nitrogens with zero attached hydrogens (tertiary/aromatic N) is 2. The van der Waals surface area contributed by atoms with Crippen LogP contribution in [0.4, 0.5) is 5.82 Å². The Morgan fingerprint density at radius 3 is 2.79 bits per heavy atom. The van der Waals surface area contributed by atoms with Gasteiger partial charge in [0.2, 0.25) is 0 Å². The highest BCUT2D eigenvalue weighted by Crippen LogP contribution is 2.06. The van der Waals surface area contributed by atoms with Crippen LogP contribution >= 0.6 is 0 Å². The van der Waals surface area contributed by atoms with Crippen LogP contribution in [0.2, 0.25) is 0 Å². The zero-order valence-corrected chi connectivity index (χ0v) is 12.0. The predicted octanol–water partition coefficient (Wildman–Crippen LogP) is 1.45. The summed E-state index contributed by atoms with van der Waals surface area (Å²) >= 11 is 0. The molecule has 0 fully saturated rings. The van der Waals surface area contributed by atoms with Gasteiger partial charge in [-0.2, -0.15) is 0 Å². The first-order valence-corrected chi connectivity index (χ1v) is 6.38. The number of amides is 1. The molecule has 0 aliphatic rings. The molecule has 0 spiro atoms. The van der Waals surface area contributed by atoms with E-state index in [-0.39, 0.29) is 5.91 Å². The smallest absolute Gasteiger partial charge is 0.271 e. The SMILES string of the molecule is CCCNc1cncc(C(=O)NCC(C)(C)OC)n1. The third-order valence-corrected chi connectivity index (χ3v) is 2.65. The molecule has 0 bridgehead atoms. The molecule has 106 valence electrons. The first-order valence-electron chi connectivity index (χ1n) is 6.38. The Labute approximate surface area is 114 Å². The molecule has 2 N–H and O–H groups in total. The second-order valence-corrected chi connectivity index (χ2v) is 4.86. The van der Waals surface area contributed by atoms with Crippen molar-refractivity contribution in [2.24, 2.45) is 0 Å². The van der Waals surface area contributed by atoms with Crippen LogP contribution in [0.5, 0.6) is 0 Å². The fourth-order valence-corrected chi connectivity index (χ4v) is 1.27. The van der Waals surface area contributed by atoms with Crippen molar-refractivity contribution in [3.8, 4) is 0 Å². The third-order valence-electron chi connectivity index (χ3n) is 2.65. The number of aromatic nitrogens is 2. The normalized spacial score (nSPS) is 11.2. The first kappa shape index (κ1) is 15.4. The number of rotatable bonds is 7. The summed E-state index contributed by atoms with van der Waals surface area (Å²) < 4.78 is 5.24. The van der Waals surface area contributed by atoms with E-state index in [9.17, 15) is 4.79 Å². The van der Waals surface area contributed by atoms with E-state index in [1.807, 2.05) is 13.8 Å². The number of hydrogen-bond acceptors (Lipinski definition) is 5. The van der Waals surface area contributed by atoms with Crippen molar-refractivity contribution < 1.29 is 9.53 Å². The zero-order chi connectivity index (χ0) is 14.3. The highest BCUT2D eigenvalue weighted by Gasteiger charge is 2.18. The van der Waals surface area contributed by atoms with Crippen molar-refractivity contribution >= 4 is 11.7 Å². The van der Waals surface area contributed by atoms with E-state index in [2.05, 4.69) is 27.5 Å². The number of carbonyl (C=O) groups is 1. The first-order chi connectivity index (χ1) is 8.98. The van der Waals surface area contributed by atoms with Crippen molar-refractivity contribution in [3.05, 3.63) is 18.1 Å². The Balaban J connectivity index is 2.61. The molecular formula is C13H22N4O2. The van der Waals surface area contributed by atoms with Gasteiger partial charge in [0.05, 0.1) is 18.0 Å². The summed E-state index contributed by atoms with van der Waals surface area (Å²) in [5, 5.41) is 5.87. The van der Waals surface area contributed by atoms with Crippen LogP contribution in [0.3, 0.4) is 0 Å². The second-order valence-electron chi connectivity index (χ2n) is 4.86. The Bertz CT molecular complexity index is 421. The van der Waals surface area contributed by atoms with E-state index < -0.39 is 5.60 Å². The number of nitrogens with one attached hydrogen (secondary N) is 2. The molecular weight excluding hydrogens is 244 g/mol. The van der Waals surface area contributed by atoms with Gasteiger partial charge in [0.1, 0.15) is 11.5 Å². The summed E-state index contributed by atoms with van der Waals surface area (Å²) in [5.41, 5.74) is -0.103. The molecule has 1 heterocycles. The molecule has 0 saturated heterocycles. The Morgan fingerprint density at radius 2 is 2.16 bits per heavy atom. The molecule has 0 saturated carbocycles. The van der Waals surface area contributed by atoms with E-state index in [0.717, 1.165) is 13.0 Å². The minimum Gasteiger partial charge on any atom is -0.377 e. The summed E-state index contributed by atoms with van der Waals surface area (Å²) in [6.07, 6.45) is 4.04. The lowest BCUT2D eigenvalue weighted by Crippen LogP contribution is -2.40. The molecule has 1 aromatic heterocycles. The van der Waals surface area contributed by atoms with Gasteiger partial charge in [0.25, 0.3) is 5.91 Å². The van der Waals surface area contributed by atoms with Crippen molar-refractivity contribution in [2.45, 2.75) is 32.8 Å². The standard InChI is InChI=1S/C13H22N4O2/c1-5-6-15-11-8-14-7-10(17-11)12(18)16-9-13(2,3)19-4/h7-8H,5-6,9H2,1-4H3,(H,15,17)(H,16,18). The molecule has 0 aromatic carbocycles. The molecule has 19 heavy (non-hydrogen) atoms. The lowest BCUT2D eigenvalue weighted by Gasteiger charge is -2.22. The molecule has 0 aliphatic carbocycles. The van der Waals surface area contributed by atoms with Crippen LogP contribution in [0, 0.1) is 0 Å². The third kappa shape index (κ3) is 5.21. The van der Waals surface area contributed by atoms with Crippen molar-refractivity contribution in [2.75, 3.05) is 25.5 Å². The van der Waals surface area contributed by atoms with Crippen molar-refractivity contribution in [1.29, 1.82) is 0 Å².